The minimum absolute atomic E-state index is 0.220. The lowest BCUT2D eigenvalue weighted by Crippen LogP contribution is -2.27. The molecule has 7 nitrogen and oxygen atoms in total. The maximum Gasteiger partial charge on any atom is 0.244 e. The van der Waals surface area contributed by atoms with E-state index in [0.29, 0.717) is 46.2 Å². The zero-order chi connectivity index (χ0) is 19.6. The number of hydrogen-bond donors (Lipinski definition) is 0. The number of hydrogen-bond acceptors (Lipinski definition) is 7. The SMILES string of the molecule is O=S(=O)(c1ccc(SCc2nc(-c3ccccc3Cl)no2)nc1)N1CCCC1. The second-order valence-corrected chi connectivity index (χ2v) is 9.56. The van der Waals surface area contributed by atoms with Gasteiger partial charge in [0.15, 0.2) is 0 Å². The Hall–Kier alpha value is -1.94. The van der Waals surface area contributed by atoms with Crippen molar-refractivity contribution in [3.05, 3.63) is 53.5 Å². The van der Waals surface area contributed by atoms with E-state index in [4.69, 9.17) is 16.1 Å². The fraction of sp³-hybridized carbons (Fsp3) is 0.278. The molecule has 3 heterocycles. The monoisotopic (exact) mass is 436 g/mol. The summed E-state index contributed by atoms with van der Waals surface area (Å²) in [5, 5.41) is 5.19. The minimum Gasteiger partial charge on any atom is -0.338 e. The molecule has 3 aromatic rings. The highest BCUT2D eigenvalue weighted by Crippen LogP contribution is 2.27. The first kappa shape index (κ1) is 19.4. The molecular formula is C18H17ClN4O3S2. The molecule has 1 saturated heterocycles. The van der Waals surface area contributed by atoms with Gasteiger partial charge in [-0.1, -0.05) is 40.7 Å². The fourth-order valence-corrected chi connectivity index (χ4v) is 5.25. The van der Waals surface area contributed by atoms with E-state index < -0.39 is 10.0 Å². The lowest BCUT2D eigenvalue weighted by atomic mass is 10.2. The number of nitrogens with zero attached hydrogens (tertiary/aromatic N) is 4. The normalized spacial score (nSPS) is 15.2. The number of aromatic nitrogens is 3. The highest BCUT2D eigenvalue weighted by Gasteiger charge is 2.27. The van der Waals surface area contributed by atoms with Gasteiger partial charge in [-0.2, -0.15) is 9.29 Å². The average Bonchev–Trinajstić information content (AvgIpc) is 3.40. The Morgan fingerprint density at radius 2 is 1.93 bits per heavy atom. The van der Waals surface area contributed by atoms with Gasteiger partial charge >= 0.3 is 0 Å². The first-order valence-electron chi connectivity index (χ1n) is 8.70. The topological polar surface area (TPSA) is 89.2 Å². The van der Waals surface area contributed by atoms with Gasteiger partial charge in [0.2, 0.25) is 21.7 Å². The summed E-state index contributed by atoms with van der Waals surface area (Å²) in [5.74, 6) is 1.29. The van der Waals surface area contributed by atoms with Crippen LogP contribution < -0.4 is 0 Å². The lowest BCUT2D eigenvalue weighted by Gasteiger charge is -2.15. The Labute approximate surface area is 172 Å². The molecule has 2 aromatic heterocycles. The summed E-state index contributed by atoms with van der Waals surface area (Å²) in [6, 6.07) is 10.6. The molecular weight excluding hydrogens is 420 g/mol. The molecule has 28 heavy (non-hydrogen) atoms. The summed E-state index contributed by atoms with van der Waals surface area (Å²) in [6.45, 7) is 1.15. The van der Waals surface area contributed by atoms with Gasteiger partial charge < -0.3 is 4.52 Å². The summed E-state index contributed by atoms with van der Waals surface area (Å²) in [7, 11) is -3.45. The van der Waals surface area contributed by atoms with Crippen LogP contribution in [0.2, 0.25) is 5.02 Å². The summed E-state index contributed by atoms with van der Waals surface area (Å²) in [4.78, 5) is 8.83. The van der Waals surface area contributed by atoms with Crippen LogP contribution in [-0.2, 0) is 15.8 Å². The second kappa shape index (κ2) is 8.20. The molecule has 1 aliphatic heterocycles. The van der Waals surface area contributed by atoms with Crippen LogP contribution >= 0.6 is 23.4 Å². The first-order valence-corrected chi connectivity index (χ1v) is 11.5. The molecule has 0 N–H and O–H groups in total. The van der Waals surface area contributed by atoms with E-state index in [-0.39, 0.29) is 4.90 Å². The fourth-order valence-electron chi connectivity index (χ4n) is 2.88. The van der Waals surface area contributed by atoms with Gasteiger partial charge in [0.25, 0.3) is 0 Å². The van der Waals surface area contributed by atoms with Crippen LogP contribution in [0.25, 0.3) is 11.4 Å². The predicted molar refractivity (Wildman–Crippen MR) is 107 cm³/mol. The van der Waals surface area contributed by atoms with Gasteiger partial charge in [-0.3, -0.25) is 0 Å². The van der Waals surface area contributed by atoms with E-state index in [9.17, 15) is 8.42 Å². The van der Waals surface area contributed by atoms with Crippen molar-refractivity contribution in [2.75, 3.05) is 13.1 Å². The van der Waals surface area contributed by atoms with Crippen molar-refractivity contribution in [1.29, 1.82) is 0 Å². The summed E-state index contributed by atoms with van der Waals surface area (Å²) in [6.07, 6.45) is 3.21. The Morgan fingerprint density at radius 3 is 2.64 bits per heavy atom. The maximum atomic E-state index is 12.5. The van der Waals surface area contributed by atoms with Gasteiger partial charge in [0, 0.05) is 24.8 Å². The molecule has 4 rings (SSSR count). The quantitative estimate of drug-likeness (QED) is 0.542. The van der Waals surface area contributed by atoms with Crippen molar-refractivity contribution in [3.63, 3.8) is 0 Å². The van der Waals surface area contributed by atoms with Crippen LogP contribution in [0, 0.1) is 0 Å². The van der Waals surface area contributed by atoms with E-state index in [1.54, 1.807) is 18.2 Å². The summed E-state index contributed by atoms with van der Waals surface area (Å²) in [5.41, 5.74) is 0.707. The van der Waals surface area contributed by atoms with E-state index in [2.05, 4.69) is 15.1 Å². The van der Waals surface area contributed by atoms with Crippen LogP contribution in [0.15, 0.2) is 57.0 Å². The van der Waals surface area contributed by atoms with Crippen LogP contribution in [0.5, 0.6) is 0 Å². The van der Waals surface area contributed by atoms with Crippen molar-refractivity contribution in [3.8, 4) is 11.4 Å². The predicted octanol–water partition coefficient (Wildman–Crippen LogP) is 3.86. The largest absolute Gasteiger partial charge is 0.338 e. The third kappa shape index (κ3) is 4.07. The van der Waals surface area contributed by atoms with Gasteiger partial charge in [-0.15, -0.1) is 0 Å². The van der Waals surface area contributed by atoms with Crippen LogP contribution in [0.4, 0.5) is 0 Å². The lowest BCUT2D eigenvalue weighted by molar-refractivity contribution is 0.391. The number of rotatable bonds is 6. The van der Waals surface area contributed by atoms with Crippen molar-refractivity contribution in [1.82, 2.24) is 19.4 Å². The van der Waals surface area contributed by atoms with Crippen molar-refractivity contribution >= 4 is 33.4 Å². The zero-order valence-electron chi connectivity index (χ0n) is 14.8. The van der Waals surface area contributed by atoms with Crippen molar-refractivity contribution in [2.45, 2.75) is 28.5 Å². The third-order valence-electron chi connectivity index (χ3n) is 4.34. The third-order valence-corrected chi connectivity index (χ3v) is 7.48. The van der Waals surface area contributed by atoms with Gasteiger partial charge in [0.05, 0.1) is 15.8 Å². The van der Waals surface area contributed by atoms with E-state index in [1.165, 1.54) is 22.3 Å². The molecule has 1 aromatic carbocycles. The summed E-state index contributed by atoms with van der Waals surface area (Å²) < 4.78 is 31.8. The molecule has 0 amide bonds. The van der Waals surface area contributed by atoms with E-state index in [0.717, 1.165) is 12.8 Å². The number of benzene rings is 1. The molecule has 0 aliphatic carbocycles. The van der Waals surface area contributed by atoms with Gasteiger partial charge in [-0.25, -0.2) is 13.4 Å². The number of sulfonamides is 1. The Bertz CT molecular complexity index is 1060. The molecule has 0 bridgehead atoms. The molecule has 1 fully saturated rings. The van der Waals surface area contributed by atoms with E-state index >= 15 is 0 Å². The standard InChI is InChI=1S/C18H17ClN4O3S2/c19-15-6-2-1-5-14(15)18-21-16(26-22-18)12-27-17-8-7-13(11-20-17)28(24,25)23-9-3-4-10-23/h1-2,5-8,11H,3-4,9-10,12H2. The van der Waals surface area contributed by atoms with Gasteiger partial charge in [-0.05, 0) is 37.1 Å². The average molecular weight is 437 g/mol. The number of halogens is 1. The van der Waals surface area contributed by atoms with Crippen LogP contribution in [-0.4, -0.2) is 40.9 Å². The molecule has 146 valence electrons. The molecule has 10 heteroatoms. The molecule has 1 aliphatic rings. The molecule has 0 radical (unpaired) electrons. The molecule has 0 unspecified atom stereocenters. The molecule has 0 atom stereocenters. The van der Waals surface area contributed by atoms with Crippen LogP contribution in [0.1, 0.15) is 18.7 Å². The van der Waals surface area contributed by atoms with Crippen molar-refractivity contribution < 1.29 is 12.9 Å². The van der Waals surface area contributed by atoms with E-state index in [1.807, 2.05) is 18.2 Å². The Balaban J connectivity index is 1.41. The maximum absolute atomic E-state index is 12.5. The molecule has 0 spiro atoms. The summed E-state index contributed by atoms with van der Waals surface area (Å²) >= 11 is 7.54. The van der Waals surface area contributed by atoms with Gasteiger partial charge in [0.1, 0.15) is 4.90 Å². The Kier molecular flexibility index (Phi) is 5.68. The minimum atomic E-state index is -3.45. The van der Waals surface area contributed by atoms with Crippen LogP contribution in [0.3, 0.4) is 0 Å². The van der Waals surface area contributed by atoms with Crippen molar-refractivity contribution in [2.24, 2.45) is 0 Å². The number of pyridine rings is 1. The molecule has 0 saturated carbocycles. The Morgan fingerprint density at radius 1 is 1.14 bits per heavy atom. The smallest absolute Gasteiger partial charge is 0.244 e. The zero-order valence-corrected chi connectivity index (χ0v) is 17.2. The second-order valence-electron chi connectivity index (χ2n) is 6.22. The highest BCUT2D eigenvalue weighted by molar-refractivity contribution is 7.98. The first-order chi connectivity index (χ1) is 13.5. The number of thioether (sulfide) groups is 1. The highest BCUT2D eigenvalue weighted by atomic mass is 35.5.